The van der Waals surface area contributed by atoms with E-state index in [4.69, 9.17) is 21.7 Å². The van der Waals surface area contributed by atoms with E-state index in [1.54, 1.807) is 24.8 Å². The molecule has 1 heterocycles. The Balaban J connectivity index is 1.56. The Kier molecular flexibility index (Phi) is 12.4. The van der Waals surface area contributed by atoms with E-state index in [0.717, 1.165) is 57.1 Å². The summed E-state index contributed by atoms with van der Waals surface area (Å²) in [6.07, 6.45) is 0.431. The number of aromatic nitrogens is 1. The van der Waals surface area contributed by atoms with Crippen molar-refractivity contribution >= 4 is 72.0 Å². The van der Waals surface area contributed by atoms with Crippen molar-refractivity contribution < 1.29 is 18.7 Å². The summed E-state index contributed by atoms with van der Waals surface area (Å²) in [7, 11) is 1.93. The molecule has 0 bridgehead atoms. The number of thioether (sulfide) groups is 2. The van der Waals surface area contributed by atoms with Gasteiger partial charge in [-0.2, -0.15) is 0 Å². The Morgan fingerprint density at radius 1 is 1.13 bits per heavy atom. The van der Waals surface area contributed by atoms with E-state index in [-0.39, 0.29) is 26.7 Å². The topological polar surface area (TPSA) is 40.5 Å². The van der Waals surface area contributed by atoms with Gasteiger partial charge in [-0.3, -0.25) is 4.79 Å². The van der Waals surface area contributed by atoms with Crippen molar-refractivity contribution in [2.75, 3.05) is 42.8 Å². The Hall–Kier alpha value is -0.571. The number of aryl methyl sites for hydroxylation is 1. The van der Waals surface area contributed by atoms with Crippen LogP contribution in [0.1, 0.15) is 13.3 Å². The van der Waals surface area contributed by atoms with Crippen LogP contribution < -0.4 is 4.46 Å². The van der Waals surface area contributed by atoms with Crippen molar-refractivity contribution in [3.8, 4) is 0 Å². The van der Waals surface area contributed by atoms with Crippen molar-refractivity contribution in [2.45, 2.75) is 18.7 Å². The first-order chi connectivity index (χ1) is 14.5. The fraction of sp³-hybridized carbons (Fsp3) is 0.524. The van der Waals surface area contributed by atoms with Gasteiger partial charge in [0.1, 0.15) is 0 Å². The number of benzene rings is 1. The molecule has 0 spiro atoms. The van der Waals surface area contributed by atoms with Crippen LogP contribution >= 0.6 is 35.7 Å². The number of hydrogen-bond donors (Lipinski definition) is 0. The zero-order chi connectivity index (χ0) is 21.8. The van der Waals surface area contributed by atoms with Crippen LogP contribution in [0.2, 0.25) is 5.32 Å². The van der Waals surface area contributed by atoms with Crippen LogP contribution in [0.25, 0.3) is 10.9 Å². The molecule has 0 fully saturated rings. The number of carbonyl (C=O) groups is 1. The molecule has 9 heteroatoms. The predicted molar refractivity (Wildman–Crippen MR) is 131 cm³/mol. The van der Waals surface area contributed by atoms with Crippen LogP contribution in [0, 0.1) is 10.5 Å². The molecule has 1 aromatic heterocycles. The normalized spacial score (nSPS) is 11.2. The molecule has 166 valence electrons. The summed E-state index contributed by atoms with van der Waals surface area (Å²) >= 11 is 9.33. The molecule has 30 heavy (non-hydrogen) atoms. The molecular weight excluding hydrogens is 508 g/mol. The monoisotopic (exact) mass is 537 g/mol. The predicted octanol–water partition coefficient (Wildman–Crippen LogP) is 4.23. The van der Waals surface area contributed by atoms with E-state index in [1.807, 2.05) is 35.5 Å². The van der Waals surface area contributed by atoms with Crippen LogP contribution in [0.4, 0.5) is 4.39 Å². The molecule has 0 unspecified atom stereocenters. The van der Waals surface area contributed by atoms with E-state index in [2.05, 4.69) is 0 Å². The van der Waals surface area contributed by atoms with Gasteiger partial charge in [-0.15, -0.1) is 0 Å². The molecule has 0 amide bonds. The second kappa shape index (κ2) is 14.5. The number of nitrogens with zero attached hydrogens (tertiary/aromatic N) is 1. The molecule has 4 nitrogen and oxygen atoms in total. The average molecular weight is 537 g/mol. The van der Waals surface area contributed by atoms with E-state index in [1.165, 1.54) is 10.5 Å². The Labute approximate surface area is 197 Å². The number of fused-ring (bicyclic) bond motifs is 1. The van der Waals surface area contributed by atoms with E-state index < -0.39 is 0 Å². The van der Waals surface area contributed by atoms with Gasteiger partial charge in [0.2, 0.25) is 0 Å². The average Bonchev–Trinajstić information content (AvgIpc) is 2.74. The molecule has 0 saturated carbocycles. The van der Waals surface area contributed by atoms with Gasteiger partial charge < -0.3 is 0 Å². The van der Waals surface area contributed by atoms with E-state index in [9.17, 15) is 9.18 Å². The molecule has 0 N–H and O–H groups in total. The summed E-state index contributed by atoms with van der Waals surface area (Å²) < 4.78 is 28.3. The molecule has 0 aliphatic carbocycles. The summed E-state index contributed by atoms with van der Waals surface area (Å²) in [4.78, 5) is 11.0. The maximum absolute atomic E-state index is 13.7. The van der Waals surface area contributed by atoms with Gasteiger partial charge in [0, 0.05) is 6.42 Å². The number of esters is 1. The second-order valence-corrected chi connectivity index (χ2v) is 11.6. The Morgan fingerprint density at radius 3 is 2.57 bits per heavy atom. The summed E-state index contributed by atoms with van der Waals surface area (Å²) in [5.41, 5.74) is 0.989. The SMILES string of the molecule is CCC(=O)OCCSCCOCCSCC[Se]c1cc(=S)n(C)c2ccc(F)cc12. The third kappa shape index (κ3) is 8.89. The number of rotatable bonds is 14. The number of hydrogen-bond acceptors (Lipinski definition) is 6. The van der Waals surface area contributed by atoms with E-state index >= 15 is 0 Å². The molecule has 2 rings (SSSR count). The van der Waals surface area contributed by atoms with Gasteiger partial charge in [0.05, 0.1) is 0 Å². The van der Waals surface area contributed by atoms with Crippen LogP contribution in [-0.4, -0.2) is 68.3 Å². The number of pyridine rings is 1. The molecular formula is C21H28FNO3S3Se. The van der Waals surface area contributed by atoms with Crippen LogP contribution in [0.5, 0.6) is 0 Å². The van der Waals surface area contributed by atoms with Gasteiger partial charge in [0.25, 0.3) is 0 Å². The molecule has 0 atom stereocenters. The number of ether oxygens (including phenoxy) is 2. The first kappa shape index (κ1) is 25.7. The first-order valence-corrected chi connectivity index (χ1v) is 14.6. The second-order valence-electron chi connectivity index (χ2n) is 6.33. The minimum absolute atomic E-state index is 0.142. The van der Waals surface area contributed by atoms with Crippen molar-refractivity contribution in [3.63, 3.8) is 0 Å². The number of halogens is 1. The summed E-state index contributed by atoms with van der Waals surface area (Å²) in [5, 5.41) is 2.05. The fourth-order valence-corrected chi connectivity index (χ4v) is 7.06. The van der Waals surface area contributed by atoms with Crippen LogP contribution in [0.3, 0.4) is 0 Å². The third-order valence-electron chi connectivity index (χ3n) is 4.18. The fourth-order valence-electron chi connectivity index (χ4n) is 2.59. The molecule has 0 radical (unpaired) electrons. The third-order valence-corrected chi connectivity index (χ3v) is 9.23. The van der Waals surface area contributed by atoms with Crippen molar-refractivity contribution in [1.29, 1.82) is 0 Å². The molecule has 2 aromatic rings. The molecule has 0 aliphatic heterocycles. The Morgan fingerprint density at radius 2 is 1.83 bits per heavy atom. The Bertz CT molecular complexity index is 878. The first-order valence-electron chi connectivity index (χ1n) is 9.84. The van der Waals surface area contributed by atoms with E-state index in [0.29, 0.717) is 13.0 Å². The van der Waals surface area contributed by atoms with Crippen molar-refractivity contribution in [2.24, 2.45) is 7.05 Å². The molecule has 0 saturated heterocycles. The summed E-state index contributed by atoms with van der Waals surface area (Å²) in [6.45, 7) is 3.74. The van der Waals surface area contributed by atoms with Crippen LogP contribution in [-0.2, 0) is 21.3 Å². The van der Waals surface area contributed by atoms with Gasteiger partial charge in [0.15, 0.2) is 0 Å². The maximum atomic E-state index is 13.7. The van der Waals surface area contributed by atoms with Gasteiger partial charge in [-0.1, -0.05) is 6.92 Å². The minimum atomic E-state index is -0.205. The quantitative estimate of drug-likeness (QED) is 0.156. The van der Waals surface area contributed by atoms with Crippen molar-refractivity contribution in [3.05, 3.63) is 34.7 Å². The van der Waals surface area contributed by atoms with Crippen LogP contribution in [0.15, 0.2) is 24.3 Å². The van der Waals surface area contributed by atoms with Crippen molar-refractivity contribution in [1.82, 2.24) is 4.57 Å². The molecule has 1 aromatic carbocycles. The molecule has 0 aliphatic rings. The summed E-state index contributed by atoms with van der Waals surface area (Å²) in [6, 6.07) is 6.94. The van der Waals surface area contributed by atoms with Gasteiger partial charge in [-0.05, 0) is 0 Å². The zero-order valence-electron chi connectivity index (χ0n) is 17.4. The van der Waals surface area contributed by atoms with Gasteiger partial charge in [-0.25, -0.2) is 0 Å². The number of carbonyl (C=O) groups excluding carboxylic acids is 1. The zero-order valence-corrected chi connectivity index (χ0v) is 21.5. The van der Waals surface area contributed by atoms with Gasteiger partial charge >= 0.3 is 180 Å². The summed E-state index contributed by atoms with van der Waals surface area (Å²) in [5.74, 6) is 3.41. The standard InChI is InChI=1S/C21H28FNO3S3Se/c1-3-21(24)26-8-11-28-9-6-25-7-10-29-12-13-30-19-15-20(27)23(2)18-5-4-16(22)14-17(18)19/h4-5,14-15H,3,6-13H2,1-2H3.